The average molecular weight is 463 g/mol. The summed E-state index contributed by atoms with van der Waals surface area (Å²) in [6.07, 6.45) is 8.61. The van der Waals surface area contributed by atoms with E-state index < -0.39 is 0 Å². The van der Waals surface area contributed by atoms with E-state index in [0.717, 1.165) is 51.3 Å². The molecule has 8 heteroatoms. The molecule has 2 heterocycles. The van der Waals surface area contributed by atoms with Crippen LogP contribution >= 0.6 is 24.0 Å². The van der Waals surface area contributed by atoms with Crippen LogP contribution in [0.25, 0.3) is 0 Å². The van der Waals surface area contributed by atoms with Crippen LogP contribution in [0.1, 0.15) is 43.6 Å². The number of methoxy groups -OCH3 is 1. The highest BCUT2D eigenvalue weighted by atomic mass is 127. The maximum atomic E-state index is 11.1. The fourth-order valence-electron chi connectivity index (χ4n) is 3.08. The van der Waals surface area contributed by atoms with Gasteiger partial charge in [0, 0.05) is 52.3 Å². The molecule has 1 aliphatic rings. The Morgan fingerprint density at radius 2 is 2.24 bits per heavy atom. The second kappa shape index (κ2) is 11.3. The molecule has 2 rings (SSSR count). The standard InChI is InChI=1S/C17H29N5O2.HI/c1-18-17(19-9-6-4-5-7-16(23)24-3)22-10-8-14(13-22)15-11-20-21(2)12-15;/h11-12,14H,4-10,13H2,1-3H3,(H,18,19);1H. The first-order valence-corrected chi connectivity index (χ1v) is 8.65. The van der Waals surface area contributed by atoms with Crippen LogP contribution in [0.2, 0.25) is 0 Å². The minimum atomic E-state index is -0.128. The molecular weight excluding hydrogens is 433 g/mol. The lowest BCUT2D eigenvalue weighted by Crippen LogP contribution is -2.40. The number of halogens is 1. The lowest BCUT2D eigenvalue weighted by molar-refractivity contribution is -0.140. The van der Waals surface area contributed by atoms with Crippen LogP contribution in [0.4, 0.5) is 0 Å². The van der Waals surface area contributed by atoms with E-state index in [1.165, 1.54) is 12.7 Å². The fraction of sp³-hybridized carbons (Fsp3) is 0.706. The molecule has 142 valence electrons. The summed E-state index contributed by atoms with van der Waals surface area (Å²) < 4.78 is 6.50. The molecule has 0 bridgehead atoms. The van der Waals surface area contributed by atoms with Crippen molar-refractivity contribution >= 4 is 35.9 Å². The number of ether oxygens (including phenoxy) is 1. The van der Waals surface area contributed by atoms with E-state index >= 15 is 0 Å². The Balaban J connectivity index is 0.00000312. The van der Waals surface area contributed by atoms with Gasteiger partial charge >= 0.3 is 5.97 Å². The minimum absolute atomic E-state index is 0. The van der Waals surface area contributed by atoms with Gasteiger partial charge in [-0.15, -0.1) is 24.0 Å². The molecule has 1 atom stereocenters. The van der Waals surface area contributed by atoms with E-state index in [2.05, 4.69) is 31.2 Å². The van der Waals surface area contributed by atoms with Crippen molar-refractivity contribution in [1.29, 1.82) is 0 Å². The second-order valence-electron chi connectivity index (χ2n) is 6.24. The number of aryl methyl sites for hydroxylation is 1. The summed E-state index contributed by atoms with van der Waals surface area (Å²) in [7, 11) is 5.22. The molecule has 0 aromatic carbocycles. The van der Waals surface area contributed by atoms with Crippen molar-refractivity contribution in [2.75, 3.05) is 33.8 Å². The molecule has 1 N–H and O–H groups in total. The second-order valence-corrected chi connectivity index (χ2v) is 6.24. The zero-order valence-corrected chi connectivity index (χ0v) is 17.7. The van der Waals surface area contributed by atoms with Crippen molar-refractivity contribution in [3.8, 4) is 0 Å². The SMILES string of the molecule is CN=C(NCCCCCC(=O)OC)N1CCC(c2cnn(C)c2)C1.I. The van der Waals surface area contributed by atoms with Gasteiger partial charge in [-0.2, -0.15) is 5.10 Å². The molecule has 0 amide bonds. The van der Waals surface area contributed by atoms with Gasteiger partial charge in [0.05, 0.1) is 13.3 Å². The number of aromatic nitrogens is 2. The maximum Gasteiger partial charge on any atom is 0.305 e. The molecule has 1 fully saturated rings. The van der Waals surface area contributed by atoms with Crippen LogP contribution in [0.3, 0.4) is 0 Å². The quantitative estimate of drug-likeness (QED) is 0.221. The topological polar surface area (TPSA) is 71.8 Å². The van der Waals surface area contributed by atoms with Crippen molar-refractivity contribution in [2.24, 2.45) is 12.0 Å². The molecule has 1 aromatic heterocycles. The third-order valence-electron chi connectivity index (χ3n) is 4.46. The van der Waals surface area contributed by atoms with Crippen LogP contribution in [-0.4, -0.2) is 60.4 Å². The van der Waals surface area contributed by atoms with Gasteiger partial charge in [0.2, 0.25) is 0 Å². The van der Waals surface area contributed by atoms with Gasteiger partial charge in [-0.3, -0.25) is 14.5 Å². The van der Waals surface area contributed by atoms with E-state index in [9.17, 15) is 4.79 Å². The normalized spacial score (nSPS) is 17.3. The summed E-state index contributed by atoms with van der Waals surface area (Å²) in [5, 5.41) is 7.70. The van der Waals surface area contributed by atoms with Gasteiger partial charge < -0.3 is 15.0 Å². The van der Waals surface area contributed by atoms with Gasteiger partial charge in [0.1, 0.15) is 0 Å². The monoisotopic (exact) mass is 463 g/mol. The molecular formula is C17H30IN5O2. The number of unbranched alkanes of at least 4 members (excludes halogenated alkanes) is 2. The van der Waals surface area contributed by atoms with Gasteiger partial charge in [-0.1, -0.05) is 6.42 Å². The predicted octanol–water partition coefficient (Wildman–Crippen LogP) is 2.14. The van der Waals surface area contributed by atoms with E-state index in [-0.39, 0.29) is 29.9 Å². The average Bonchev–Trinajstić information content (AvgIpc) is 3.23. The molecule has 0 spiro atoms. The first-order chi connectivity index (χ1) is 11.6. The summed E-state index contributed by atoms with van der Waals surface area (Å²) in [6.45, 7) is 2.87. The van der Waals surface area contributed by atoms with E-state index in [1.807, 2.05) is 25.0 Å². The zero-order valence-electron chi connectivity index (χ0n) is 15.4. The third kappa shape index (κ3) is 6.83. The highest BCUT2D eigenvalue weighted by Gasteiger charge is 2.26. The number of nitrogens with zero attached hydrogens (tertiary/aromatic N) is 4. The number of carbonyl (C=O) groups excluding carboxylic acids is 1. The first kappa shape index (κ1) is 21.7. The lowest BCUT2D eigenvalue weighted by Gasteiger charge is -2.21. The van der Waals surface area contributed by atoms with Crippen LogP contribution in [0, 0.1) is 0 Å². The number of hydrogen-bond donors (Lipinski definition) is 1. The van der Waals surface area contributed by atoms with Crippen molar-refractivity contribution in [3.63, 3.8) is 0 Å². The number of likely N-dealkylation sites (tertiary alicyclic amines) is 1. The molecule has 1 aliphatic heterocycles. The maximum absolute atomic E-state index is 11.1. The third-order valence-corrected chi connectivity index (χ3v) is 4.46. The smallest absolute Gasteiger partial charge is 0.305 e. The molecule has 1 aromatic rings. The number of guanidine groups is 1. The molecule has 0 radical (unpaired) electrons. The van der Waals surface area contributed by atoms with Crippen molar-refractivity contribution in [2.45, 2.75) is 38.0 Å². The number of rotatable bonds is 7. The first-order valence-electron chi connectivity index (χ1n) is 8.65. The Bertz CT molecular complexity index is 561. The number of nitrogens with one attached hydrogen (secondary N) is 1. The molecule has 1 unspecified atom stereocenters. The number of carbonyl (C=O) groups is 1. The highest BCUT2D eigenvalue weighted by molar-refractivity contribution is 14.0. The van der Waals surface area contributed by atoms with Gasteiger partial charge in [0.25, 0.3) is 0 Å². The Morgan fingerprint density at radius 1 is 1.44 bits per heavy atom. The number of esters is 1. The van der Waals surface area contributed by atoms with Crippen molar-refractivity contribution in [3.05, 3.63) is 18.0 Å². The van der Waals surface area contributed by atoms with E-state index in [1.54, 1.807) is 0 Å². The van der Waals surface area contributed by atoms with E-state index in [4.69, 9.17) is 0 Å². The zero-order chi connectivity index (χ0) is 17.4. The van der Waals surface area contributed by atoms with Crippen LogP contribution in [-0.2, 0) is 16.6 Å². The van der Waals surface area contributed by atoms with Gasteiger partial charge in [-0.05, 0) is 24.8 Å². The highest BCUT2D eigenvalue weighted by Crippen LogP contribution is 2.26. The lowest BCUT2D eigenvalue weighted by atomic mass is 10.0. The van der Waals surface area contributed by atoms with Crippen LogP contribution in [0.15, 0.2) is 17.4 Å². The Kier molecular flexibility index (Phi) is 9.84. The van der Waals surface area contributed by atoms with Crippen molar-refractivity contribution < 1.29 is 9.53 Å². The molecule has 1 saturated heterocycles. The van der Waals surface area contributed by atoms with E-state index in [0.29, 0.717) is 12.3 Å². The number of aliphatic imine (C=N–C) groups is 1. The molecule has 25 heavy (non-hydrogen) atoms. The summed E-state index contributed by atoms with van der Waals surface area (Å²) >= 11 is 0. The van der Waals surface area contributed by atoms with Crippen LogP contribution in [0.5, 0.6) is 0 Å². The summed E-state index contributed by atoms with van der Waals surface area (Å²) in [5.41, 5.74) is 1.30. The minimum Gasteiger partial charge on any atom is -0.469 e. The largest absolute Gasteiger partial charge is 0.469 e. The predicted molar refractivity (Wildman–Crippen MR) is 109 cm³/mol. The summed E-state index contributed by atoms with van der Waals surface area (Å²) in [6, 6.07) is 0. The summed E-state index contributed by atoms with van der Waals surface area (Å²) in [5.74, 6) is 1.36. The molecule has 0 aliphatic carbocycles. The molecule has 7 nitrogen and oxygen atoms in total. The van der Waals surface area contributed by atoms with Crippen LogP contribution < -0.4 is 5.32 Å². The summed E-state index contributed by atoms with van der Waals surface area (Å²) in [4.78, 5) is 17.8. The molecule has 0 saturated carbocycles. The Labute approximate surface area is 167 Å². The van der Waals surface area contributed by atoms with Gasteiger partial charge in [0.15, 0.2) is 5.96 Å². The fourth-order valence-corrected chi connectivity index (χ4v) is 3.08. The van der Waals surface area contributed by atoms with Gasteiger partial charge in [-0.25, -0.2) is 0 Å². The number of hydrogen-bond acceptors (Lipinski definition) is 4. The van der Waals surface area contributed by atoms with Crippen molar-refractivity contribution in [1.82, 2.24) is 20.0 Å². The Morgan fingerprint density at radius 3 is 2.88 bits per heavy atom. The Hall–Kier alpha value is -1.32.